The van der Waals surface area contributed by atoms with Gasteiger partial charge in [-0.15, -0.1) is 0 Å². The number of hydrogen-bond donors (Lipinski definition) is 1. The van der Waals surface area contributed by atoms with E-state index >= 15 is 0 Å². The zero-order valence-corrected chi connectivity index (χ0v) is 8.53. The first-order valence-electron chi connectivity index (χ1n) is 5.06. The maximum absolute atomic E-state index is 4.05. The lowest BCUT2D eigenvalue weighted by atomic mass is 10.2. The molecular weight excluding hydrogens is 162 g/mol. The van der Waals surface area contributed by atoms with Gasteiger partial charge in [0.15, 0.2) is 0 Å². The van der Waals surface area contributed by atoms with Crippen LogP contribution in [0, 0.1) is 0 Å². The van der Waals surface area contributed by atoms with E-state index in [0.717, 1.165) is 19.5 Å². The Kier molecular flexibility index (Phi) is 4.54. The Morgan fingerprint density at radius 1 is 1.46 bits per heavy atom. The molecule has 1 heterocycles. The van der Waals surface area contributed by atoms with Crippen molar-refractivity contribution in [2.75, 3.05) is 13.1 Å². The minimum absolute atomic E-state index is 0.550. The van der Waals surface area contributed by atoms with E-state index in [-0.39, 0.29) is 0 Å². The van der Waals surface area contributed by atoms with Gasteiger partial charge >= 0.3 is 0 Å². The molecule has 1 N–H and O–H groups in total. The van der Waals surface area contributed by atoms with Gasteiger partial charge in [-0.05, 0) is 19.4 Å². The molecule has 0 aliphatic carbocycles. The molecule has 74 valence electrons. The van der Waals surface area contributed by atoms with Crippen LogP contribution in [0.15, 0.2) is 18.7 Å². The summed E-state index contributed by atoms with van der Waals surface area (Å²) in [4.78, 5) is 4.05. The Balaban J connectivity index is 2.35. The predicted octanol–water partition coefficient (Wildman–Crippen LogP) is 1.83. The highest BCUT2D eigenvalue weighted by Crippen LogP contribution is 2.08. The summed E-state index contributed by atoms with van der Waals surface area (Å²) >= 11 is 0. The summed E-state index contributed by atoms with van der Waals surface area (Å²) < 4.78 is 2.17. The summed E-state index contributed by atoms with van der Waals surface area (Å²) in [6.45, 7) is 6.54. The molecule has 0 amide bonds. The second-order valence-corrected chi connectivity index (χ2v) is 3.28. The van der Waals surface area contributed by atoms with E-state index in [1.807, 2.05) is 18.7 Å². The van der Waals surface area contributed by atoms with E-state index in [1.54, 1.807) is 0 Å². The van der Waals surface area contributed by atoms with Crippen molar-refractivity contribution in [3.05, 3.63) is 18.7 Å². The molecule has 1 aromatic heterocycles. The smallest absolute Gasteiger partial charge is 0.0948 e. The Bertz CT molecular complexity index is 206. The quantitative estimate of drug-likeness (QED) is 0.679. The maximum Gasteiger partial charge on any atom is 0.0948 e. The molecule has 3 heteroatoms. The molecule has 3 nitrogen and oxygen atoms in total. The highest BCUT2D eigenvalue weighted by Gasteiger charge is 2.05. The first kappa shape index (κ1) is 10.3. The van der Waals surface area contributed by atoms with E-state index in [9.17, 15) is 0 Å². The average molecular weight is 181 g/mol. The molecule has 0 aliphatic heterocycles. The van der Waals surface area contributed by atoms with E-state index in [2.05, 4.69) is 28.7 Å². The van der Waals surface area contributed by atoms with Gasteiger partial charge in [0, 0.05) is 25.0 Å². The number of aromatic nitrogens is 2. The molecule has 0 radical (unpaired) electrons. The van der Waals surface area contributed by atoms with Crippen LogP contribution in [0.1, 0.15) is 32.7 Å². The summed E-state index contributed by atoms with van der Waals surface area (Å²) in [6.07, 6.45) is 8.10. The van der Waals surface area contributed by atoms with E-state index < -0.39 is 0 Å². The Morgan fingerprint density at radius 3 is 2.85 bits per heavy atom. The number of hydrogen-bond acceptors (Lipinski definition) is 2. The molecule has 0 bridgehead atoms. The van der Waals surface area contributed by atoms with Crippen LogP contribution in [-0.2, 0) is 0 Å². The predicted molar refractivity (Wildman–Crippen MR) is 54.7 cm³/mol. The summed E-state index contributed by atoms with van der Waals surface area (Å²) in [6, 6.07) is 0.550. The van der Waals surface area contributed by atoms with Crippen LogP contribution in [-0.4, -0.2) is 22.6 Å². The highest BCUT2D eigenvalue weighted by atomic mass is 15.1. The highest BCUT2D eigenvalue weighted by molar-refractivity contribution is 4.80. The fraction of sp³-hybridized carbons (Fsp3) is 0.700. The Labute approximate surface area is 80.2 Å². The van der Waals surface area contributed by atoms with Gasteiger partial charge < -0.3 is 9.88 Å². The topological polar surface area (TPSA) is 29.9 Å². The molecule has 13 heavy (non-hydrogen) atoms. The van der Waals surface area contributed by atoms with Crippen LogP contribution in [0.3, 0.4) is 0 Å². The second-order valence-electron chi connectivity index (χ2n) is 3.28. The first-order valence-corrected chi connectivity index (χ1v) is 5.06. The van der Waals surface area contributed by atoms with Crippen molar-refractivity contribution in [3.63, 3.8) is 0 Å². The SMILES string of the molecule is CCCNCC(CC)n1ccnc1. The molecule has 0 aliphatic rings. The van der Waals surface area contributed by atoms with Crippen molar-refractivity contribution >= 4 is 0 Å². The third-order valence-electron chi connectivity index (χ3n) is 2.22. The van der Waals surface area contributed by atoms with Crippen molar-refractivity contribution in [2.45, 2.75) is 32.7 Å². The van der Waals surface area contributed by atoms with Gasteiger partial charge in [-0.2, -0.15) is 0 Å². The second kappa shape index (κ2) is 5.75. The van der Waals surface area contributed by atoms with Crippen molar-refractivity contribution < 1.29 is 0 Å². The number of rotatable bonds is 6. The number of nitrogens with one attached hydrogen (secondary N) is 1. The van der Waals surface area contributed by atoms with Gasteiger partial charge in [-0.25, -0.2) is 4.98 Å². The summed E-state index contributed by atoms with van der Waals surface area (Å²) in [5.74, 6) is 0. The third-order valence-corrected chi connectivity index (χ3v) is 2.22. The molecular formula is C10H19N3. The zero-order chi connectivity index (χ0) is 9.52. The lowest BCUT2D eigenvalue weighted by molar-refractivity contribution is 0.447. The van der Waals surface area contributed by atoms with Gasteiger partial charge in [0.1, 0.15) is 0 Å². The summed E-state index contributed by atoms with van der Waals surface area (Å²) in [5.41, 5.74) is 0. The van der Waals surface area contributed by atoms with Crippen LogP contribution < -0.4 is 5.32 Å². The van der Waals surface area contributed by atoms with E-state index in [4.69, 9.17) is 0 Å². The maximum atomic E-state index is 4.05. The van der Waals surface area contributed by atoms with Crippen LogP contribution in [0.4, 0.5) is 0 Å². The first-order chi connectivity index (χ1) is 6.38. The summed E-state index contributed by atoms with van der Waals surface area (Å²) in [7, 11) is 0. The number of nitrogens with zero attached hydrogens (tertiary/aromatic N) is 2. The lowest BCUT2D eigenvalue weighted by Crippen LogP contribution is -2.25. The van der Waals surface area contributed by atoms with Crippen LogP contribution in [0.5, 0.6) is 0 Å². The Morgan fingerprint density at radius 2 is 2.31 bits per heavy atom. The summed E-state index contributed by atoms with van der Waals surface area (Å²) in [5, 5.41) is 3.43. The lowest BCUT2D eigenvalue weighted by Gasteiger charge is -2.16. The third kappa shape index (κ3) is 3.19. The molecule has 1 aromatic rings. The van der Waals surface area contributed by atoms with Crippen LogP contribution in [0.2, 0.25) is 0 Å². The van der Waals surface area contributed by atoms with Gasteiger partial charge in [-0.3, -0.25) is 0 Å². The molecule has 0 spiro atoms. The molecule has 1 atom stereocenters. The van der Waals surface area contributed by atoms with Crippen LogP contribution in [0.25, 0.3) is 0 Å². The van der Waals surface area contributed by atoms with E-state index in [0.29, 0.717) is 6.04 Å². The van der Waals surface area contributed by atoms with Crippen molar-refractivity contribution in [2.24, 2.45) is 0 Å². The molecule has 0 fully saturated rings. The van der Waals surface area contributed by atoms with E-state index in [1.165, 1.54) is 6.42 Å². The molecule has 0 saturated heterocycles. The van der Waals surface area contributed by atoms with Gasteiger partial charge in [0.05, 0.1) is 6.33 Å². The molecule has 0 saturated carbocycles. The monoisotopic (exact) mass is 181 g/mol. The van der Waals surface area contributed by atoms with Gasteiger partial charge in [-0.1, -0.05) is 13.8 Å². The number of imidazole rings is 1. The minimum Gasteiger partial charge on any atom is -0.333 e. The van der Waals surface area contributed by atoms with Gasteiger partial charge in [0.2, 0.25) is 0 Å². The fourth-order valence-electron chi connectivity index (χ4n) is 1.39. The molecule has 1 rings (SSSR count). The van der Waals surface area contributed by atoms with Crippen molar-refractivity contribution in [1.29, 1.82) is 0 Å². The molecule has 1 unspecified atom stereocenters. The molecule has 0 aromatic carbocycles. The average Bonchev–Trinajstić information content (AvgIpc) is 2.65. The van der Waals surface area contributed by atoms with Crippen molar-refractivity contribution in [3.8, 4) is 0 Å². The van der Waals surface area contributed by atoms with Crippen molar-refractivity contribution in [1.82, 2.24) is 14.9 Å². The minimum atomic E-state index is 0.550. The normalized spacial score (nSPS) is 13.1. The zero-order valence-electron chi connectivity index (χ0n) is 8.53. The fourth-order valence-corrected chi connectivity index (χ4v) is 1.39. The van der Waals surface area contributed by atoms with Crippen LogP contribution >= 0.6 is 0 Å². The Hall–Kier alpha value is -0.830. The van der Waals surface area contributed by atoms with Gasteiger partial charge in [0.25, 0.3) is 0 Å². The standard InChI is InChI=1S/C10H19N3/c1-3-5-11-8-10(4-2)13-7-6-12-9-13/h6-7,9-11H,3-5,8H2,1-2H3. The largest absolute Gasteiger partial charge is 0.333 e.